The number of ether oxygens (including phenoxy) is 1. The van der Waals surface area contributed by atoms with Crippen LogP contribution in [0, 0.1) is 5.82 Å². The van der Waals surface area contributed by atoms with Gasteiger partial charge in [-0.05, 0) is 56.3 Å². The lowest BCUT2D eigenvalue weighted by atomic mass is 10.3. The van der Waals surface area contributed by atoms with Crippen molar-refractivity contribution >= 4 is 27.3 Å². The van der Waals surface area contributed by atoms with E-state index in [-0.39, 0.29) is 16.5 Å². The Morgan fingerprint density at radius 1 is 1.13 bits per heavy atom. The van der Waals surface area contributed by atoms with Crippen molar-refractivity contribution in [1.29, 1.82) is 0 Å². The minimum Gasteiger partial charge on any atom is -0.494 e. The fourth-order valence-electron chi connectivity index (χ4n) is 2.13. The van der Waals surface area contributed by atoms with Gasteiger partial charge in [0.05, 0.1) is 22.2 Å². The van der Waals surface area contributed by atoms with Crippen LogP contribution in [0.2, 0.25) is 5.02 Å². The second-order valence-electron chi connectivity index (χ2n) is 4.67. The van der Waals surface area contributed by atoms with Crippen LogP contribution >= 0.6 is 11.6 Å². The van der Waals surface area contributed by atoms with E-state index >= 15 is 0 Å². The molecule has 124 valence electrons. The zero-order chi connectivity index (χ0) is 17.0. The third-order valence-corrected chi connectivity index (χ3v) is 5.41. The Balaban J connectivity index is 2.40. The normalized spacial score (nSPS) is 11.3. The van der Waals surface area contributed by atoms with Crippen molar-refractivity contribution < 1.29 is 17.5 Å². The smallest absolute Gasteiger partial charge is 0.264 e. The van der Waals surface area contributed by atoms with Gasteiger partial charge < -0.3 is 4.74 Å². The Hall–Kier alpha value is -1.79. The van der Waals surface area contributed by atoms with Gasteiger partial charge in [-0.1, -0.05) is 11.6 Å². The lowest BCUT2D eigenvalue weighted by molar-refractivity contribution is 0.340. The zero-order valence-corrected chi connectivity index (χ0v) is 14.4. The summed E-state index contributed by atoms with van der Waals surface area (Å²) in [6.45, 7) is 4.24. The topological polar surface area (TPSA) is 46.6 Å². The van der Waals surface area contributed by atoms with E-state index in [1.165, 1.54) is 28.6 Å². The standard InChI is InChI=1S/C16H17ClFNO3S/c1-3-19(12-5-10-16(18)15(17)11-12)23(20,21)14-8-6-13(7-9-14)22-4-2/h5-11H,3-4H2,1-2H3. The molecule has 0 aromatic heterocycles. The highest BCUT2D eigenvalue weighted by atomic mass is 35.5. The molecule has 0 saturated carbocycles. The first-order chi connectivity index (χ1) is 10.9. The van der Waals surface area contributed by atoms with E-state index in [4.69, 9.17) is 16.3 Å². The molecule has 23 heavy (non-hydrogen) atoms. The Kier molecular flexibility index (Phi) is 5.49. The van der Waals surface area contributed by atoms with Gasteiger partial charge in [0, 0.05) is 6.54 Å². The summed E-state index contributed by atoms with van der Waals surface area (Å²) in [5.41, 5.74) is 0.313. The van der Waals surface area contributed by atoms with Gasteiger partial charge in [-0.3, -0.25) is 4.31 Å². The van der Waals surface area contributed by atoms with Crippen LogP contribution in [0.5, 0.6) is 5.75 Å². The first-order valence-electron chi connectivity index (χ1n) is 7.10. The first-order valence-corrected chi connectivity index (χ1v) is 8.92. The summed E-state index contributed by atoms with van der Waals surface area (Å²) in [6.07, 6.45) is 0. The van der Waals surface area contributed by atoms with E-state index in [2.05, 4.69) is 0 Å². The minimum absolute atomic E-state index is 0.122. The Morgan fingerprint density at radius 3 is 2.30 bits per heavy atom. The number of rotatable bonds is 6. The highest BCUT2D eigenvalue weighted by molar-refractivity contribution is 7.92. The van der Waals surface area contributed by atoms with Crippen LogP contribution in [0.1, 0.15) is 13.8 Å². The molecule has 2 rings (SSSR count). The highest BCUT2D eigenvalue weighted by Crippen LogP contribution is 2.28. The Bertz CT molecular complexity index is 778. The maximum Gasteiger partial charge on any atom is 0.264 e. The van der Waals surface area contributed by atoms with Crippen LogP contribution in [0.25, 0.3) is 0 Å². The number of hydrogen-bond donors (Lipinski definition) is 0. The fraction of sp³-hybridized carbons (Fsp3) is 0.250. The monoisotopic (exact) mass is 357 g/mol. The van der Waals surface area contributed by atoms with Gasteiger partial charge in [0.1, 0.15) is 11.6 Å². The molecule has 0 fully saturated rings. The molecule has 2 aromatic carbocycles. The first kappa shape index (κ1) is 17.6. The molecule has 4 nitrogen and oxygen atoms in total. The molecule has 0 N–H and O–H groups in total. The molecule has 0 heterocycles. The molecular formula is C16H17ClFNO3S. The molecule has 7 heteroatoms. The number of nitrogens with zero attached hydrogens (tertiary/aromatic N) is 1. The maximum absolute atomic E-state index is 13.3. The third-order valence-electron chi connectivity index (χ3n) is 3.20. The molecule has 0 bridgehead atoms. The molecule has 0 saturated heterocycles. The predicted molar refractivity (Wildman–Crippen MR) is 89.2 cm³/mol. The van der Waals surface area contributed by atoms with E-state index in [9.17, 15) is 12.8 Å². The van der Waals surface area contributed by atoms with Crippen LogP contribution < -0.4 is 9.04 Å². The molecule has 0 amide bonds. The summed E-state index contributed by atoms with van der Waals surface area (Å²) in [6, 6.07) is 9.99. The fourth-order valence-corrected chi connectivity index (χ4v) is 3.77. The molecule has 0 aliphatic rings. The van der Waals surface area contributed by atoms with E-state index in [1.807, 2.05) is 6.92 Å². The van der Waals surface area contributed by atoms with Crippen molar-refractivity contribution in [2.45, 2.75) is 18.7 Å². The average molecular weight is 358 g/mol. The van der Waals surface area contributed by atoms with Gasteiger partial charge in [0.15, 0.2) is 0 Å². The number of anilines is 1. The Labute approximate surface area is 140 Å². The summed E-state index contributed by atoms with van der Waals surface area (Å²) in [5.74, 6) is 0.00394. The highest BCUT2D eigenvalue weighted by Gasteiger charge is 2.24. The predicted octanol–water partition coefficient (Wildman–Crippen LogP) is 4.09. The number of halogens is 2. The maximum atomic E-state index is 13.3. The van der Waals surface area contributed by atoms with Gasteiger partial charge in [-0.2, -0.15) is 0 Å². The van der Waals surface area contributed by atoms with E-state index in [0.717, 1.165) is 6.07 Å². The molecular weight excluding hydrogens is 341 g/mol. The van der Waals surface area contributed by atoms with Crippen molar-refractivity contribution in [3.63, 3.8) is 0 Å². The van der Waals surface area contributed by atoms with Crippen molar-refractivity contribution in [3.05, 3.63) is 53.3 Å². The van der Waals surface area contributed by atoms with Crippen molar-refractivity contribution in [2.24, 2.45) is 0 Å². The van der Waals surface area contributed by atoms with Gasteiger partial charge in [-0.15, -0.1) is 0 Å². The minimum atomic E-state index is -3.77. The molecule has 2 aromatic rings. The van der Waals surface area contributed by atoms with Crippen LogP contribution in [0.3, 0.4) is 0 Å². The van der Waals surface area contributed by atoms with Crippen LogP contribution in [0.4, 0.5) is 10.1 Å². The summed E-state index contributed by atoms with van der Waals surface area (Å²) in [4.78, 5) is 0.128. The van der Waals surface area contributed by atoms with Crippen molar-refractivity contribution in [3.8, 4) is 5.75 Å². The SMILES string of the molecule is CCOc1ccc(S(=O)(=O)N(CC)c2ccc(F)c(Cl)c2)cc1. The van der Waals surface area contributed by atoms with Crippen LogP contribution in [-0.4, -0.2) is 21.6 Å². The number of sulfonamides is 1. The number of hydrogen-bond acceptors (Lipinski definition) is 3. The van der Waals surface area contributed by atoms with E-state index < -0.39 is 15.8 Å². The second kappa shape index (κ2) is 7.19. The van der Waals surface area contributed by atoms with E-state index in [0.29, 0.717) is 18.0 Å². The van der Waals surface area contributed by atoms with Gasteiger partial charge >= 0.3 is 0 Å². The van der Waals surface area contributed by atoms with Crippen LogP contribution in [-0.2, 0) is 10.0 Å². The lowest BCUT2D eigenvalue weighted by Crippen LogP contribution is -2.30. The molecule has 0 unspecified atom stereocenters. The van der Waals surface area contributed by atoms with Gasteiger partial charge in [-0.25, -0.2) is 12.8 Å². The summed E-state index contributed by atoms with van der Waals surface area (Å²) >= 11 is 5.75. The van der Waals surface area contributed by atoms with Gasteiger partial charge in [0.2, 0.25) is 0 Å². The van der Waals surface area contributed by atoms with Crippen molar-refractivity contribution in [1.82, 2.24) is 0 Å². The lowest BCUT2D eigenvalue weighted by Gasteiger charge is -2.23. The summed E-state index contributed by atoms with van der Waals surface area (Å²) < 4.78 is 45.3. The van der Waals surface area contributed by atoms with Gasteiger partial charge in [0.25, 0.3) is 10.0 Å². The molecule has 0 spiro atoms. The molecule has 0 aliphatic carbocycles. The molecule has 0 radical (unpaired) electrons. The largest absolute Gasteiger partial charge is 0.494 e. The quantitative estimate of drug-likeness (QED) is 0.782. The molecule has 0 atom stereocenters. The Morgan fingerprint density at radius 2 is 1.78 bits per heavy atom. The summed E-state index contributed by atoms with van der Waals surface area (Å²) in [5, 5.41) is -0.122. The average Bonchev–Trinajstić information content (AvgIpc) is 2.52. The third kappa shape index (κ3) is 3.76. The zero-order valence-electron chi connectivity index (χ0n) is 12.8. The molecule has 0 aliphatic heterocycles. The van der Waals surface area contributed by atoms with E-state index in [1.54, 1.807) is 19.1 Å². The number of benzene rings is 2. The second-order valence-corrected chi connectivity index (χ2v) is 6.94. The van der Waals surface area contributed by atoms with Crippen molar-refractivity contribution in [2.75, 3.05) is 17.5 Å². The van der Waals surface area contributed by atoms with Crippen LogP contribution in [0.15, 0.2) is 47.4 Å². The summed E-state index contributed by atoms with van der Waals surface area (Å²) in [7, 11) is -3.77.